The van der Waals surface area contributed by atoms with Crippen LogP contribution in [0.5, 0.6) is 11.5 Å². The maximum absolute atomic E-state index is 12.3. The van der Waals surface area contributed by atoms with Crippen LogP contribution in [0.25, 0.3) is 6.08 Å². The first-order valence-corrected chi connectivity index (χ1v) is 8.97. The molecule has 2 aromatic rings. The summed E-state index contributed by atoms with van der Waals surface area (Å²) < 4.78 is 10.8. The largest absolute Gasteiger partial charge is 0.493 e. The van der Waals surface area contributed by atoms with Crippen LogP contribution in [-0.4, -0.2) is 24.7 Å². The van der Waals surface area contributed by atoms with Crippen molar-refractivity contribution in [1.82, 2.24) is 0 Å². The van der Waals surface area contributed by atoms with Gasteiger partial charge in [0.15, 0.2) is 11.5 Å². The molecule has 0 heterocycles. The Kier molecular flexibility index (Phi) is 7.28. The van der Waals surface area contributed by atoms with Crippen molar-refractivity contribution in [3.63, 3.8) is 0 Å². The predicted octanol–water partition coefficient (Wildman–Crippen LogP) is 4.51. The van der Waals surface area contributed by atoms with Crippen molar-refractivity contribution in [1.29, 1.82) is 0 Å². The number of carbonyl (C=O) groups is 1. The average molecular weight is 390 g/mol. The van der Waals surface area contributed by atoms with Crippen molar-refractivity contribution < 1.29 is 19.4 Å². The molecular weight excluding hydrogens is 366 g/mol. The van der Waals surface area contributed by atoms with Gasteiger partial charge in [0.25, 0.3) is 0 Å². The molecule has 0 aliphatic heterocycles. The van der Waals surface area contributed by atoms with E-state index >= 15 is 0 Å². The Morgan fingerprint density at radius 3 is 2.59 bits per heavy atom. The van der Waals surface area contributed by atoms with Gasteiger partial charge in [-0.25, -0.2) is 0 Å². The minimum atomic E-state index is -0.283. The van der Waals surface area contributed by atoms with E-state index in [1.807, 2.05) is 26.8 Å². The maximum Gasteiger partial charge on any atom is 0.248 e. The van der Waals surface area contributed by atoms with Crippen LogP contribution in [0.1, 0.15) is 29.2 Å². The standard InChI is InChI=1S/C21H24ClNO4/c1-5-27-21-17(22)9-15(10-19(21)26-4)6-7-20(25)23-18-11-16(12-24)13(2)8-14(18)3/h6-11,24H,5,12H2,1-4H3,(H,23,25)/b7-6+. The number of anilines is 1. The normalized spacial score (nSPS) is 10.9. The van der Waals surface area contributed by atoms with Gasteiger partial charge in [-0.05, 0) is 67.3 Å². The molecule has 144 valence electrons. The second kappa shape index (κ2) is 9.44. The van der Waals surface area contributed by atoms with E-state index in [9.17, 15) is 9.90 Å². The second-order valence-electron chi connectivity index (χ2n) is 6.04. The Bertz CT molecular complexity index is 862. The summed E-state index contributed by atoms with van der Waals surface area (Å²) in [5, 5.41) is 12.6. The van der Waals surface area contributed by atoms with E-state index in [0.717, 1.165) is 16.7 Å². The van der Waals surface area contributed by atoms with Gasteiger partial charge < -0.3 is 19.9 Å². The van der Waals surface area contributed by atoms with Crippen LogP contribution in [0, 0.1) is 13.8 Å². The topological polar surface area (TPSA) is 67.8 Å². The fourth-order valence-corrected chi connectivity index (χ4v) is 2.94. The average Bonchev–Trinajstić information content (AvgIpc) is 2.64. The van der Waals surface area contributed by atoms with E-state index in [1.54, 1.807) is 24.3 Å². The molecule has 0 aromatic heterocycles. The van der Waals surface area contributed by atoms with Crippen molar-refractivity contribution in [2.45, 2.75) is 27.4 Å². The van der Waals surface area contributed by atoms with Crippen LogP contribution in [0.4, 0.5) is 5.69 Å². The molecule has 0 aliphatic carbocycles. The number of amides is 1. The van der Waals surface area contributed by atoms with E-state index in [4.69, 9.17) is 21.1 Å². The lowest BCUT2D eigenvalue weighted by atomic mass is 10.0. The van der Waals surface area contributed by atoms with Crippen molar-refractivity contribution in [2.75, 3.05) is 19.0 Å². The number of aryl methyl sites for hydroxylation is 2. The smallest absolute Gasteiger partial charge is 0.248 e. The third kappa shape index (κ3) is 5.25. The fraction of sp³-hybridized carbons (Fsp3) is 0.286. The molecule has 2 rings (SSSR count). The number of hydrogen-bond acceptors (Lipinski definition) is 4. The number of benzene rings is 2. The highest BCUT2D eigenvalue weighted by molar-refractivity contribution is 6.32. The van der Waals surface area contributed by atoms with Crippen LogP contribution >= 0.6 is 11.6 Å². The molecule has 2 aromatic carbocycles. The summed E-state index contributed by atoms with van der Waals surface area (Å²) in [6, 6.07) is 7.18. The molecule has 0 saturated heterocycles. The SMILES string of the molecule is CCOc1c(Cl)cc(/C=C/C(=O)Nc2cc(CO)c(C)cc2C)cc1OC. The van der Waals surface area contributed by atoms with Crippen LogP contribution in [0.15, 0.2) is 30.3 Å². The summed E-state index contributed by atoms with van der Waals surface area (Å²) in [5.41, 5.74) is 4.08. The van der Waals surface area contributed by atoms with E-state index in [-0.39, 0.29) is 12.5 Å². The first-order chi connectivity index (χ1) is 12.9. The lowest BCUT2D eigenvalue weighted by molar-refractivity contribution is -0.111. The molecule has 0 aliphatic rings. The first kappa shape index (κ1) is 20.8. The van der Waals surface area contributed by atoms with E-state index in [1.165, 1.54) is 13.2 Å². The Morgan fingerprint density at radius 1 is 1.22 bits per heavy atom. The number of halogens is 1. The number of ether oxygens (including phenoxy) is 2. The fourth-order valence-electron chi connectivity index (χ4n) is 2.67. The van der Waals surface area contributed by atoms with Crippen molar-refractivity contribution in [3.8, 4) is 11.5 Å². The van der Waals surface area contributed by atoms with Crippen molar-refractivity contribution >= 4 is 29.3 Å². The van der Waals surface area contributed by atoms with Crippen LogP contribution < -0.4 is 14.8 Å². The molecule has 1 amide bonds. The Balaban J connectivity index is 2.19. The summed E-state index contributed by atoms with van der Waals surface area (Å²) in [4.78, 5) is 12.3. The van der Waals surface area contributed by atoms with Crippen LogP contribution in [0.2, 0.25) is 5.02 Å². The van der Waals surface area contributed by atoms with Gasteiger partial charge >= 0.3 is 0 Å². The summed E-state index contributed by atoms with van der Waals surface area (Å²) in [6.45, 7) is 6.09. The molecule has 27 heavy (non-hydrogen) atoms. The van der Waals surface area contributed by atoms with Crippen LogP contribution in [0.3, 0.4) is 0 Å². The van der Waals surface area contributed by atoms with E-state index < -0.39 is 0 Å². The predicted molar refractivity (Wildman–Crippen MR) is 109 cm³/mol. The molecule has 0 spiro atoms. The van der Waals surface area contributed by atoms with Crippen LogP contribution in [-0.2, 0) is 11.4 Å². The Morgan fingerprint density at radius 2 is 1.96 bits per heavy atom. The minimum absolute atomic E-state index is 0.0741. The Hall–Kier alpha value is -2.50. The molecule has 0 bridgehead atoms. The molecule has 0 fully saturated rings. The van der Waals surface area contributed by atoms with Gasteiger partial charge in [-0.3, -0.25) is 4.79 Å². The Labute approximate surface area is 164 Å². The van der Waals surface area contributed by atoms with Gasteiger partial charge in [-0.1, -0.05) is 17.7 Å². The van der Waals surface area contributed by atoms with E-state index in [2.05, 4.69) is 5.32 Å². The quantitative estimate of drug-likeness (QED) is 0.684. The van der Waals surface area contributed by atoms with Gasteiger partial charge in [0.1, 0.15) is 0 Å². The number of carbonyl (C=O) groups excluding carboxylic acids is 1. The second-order valence-corrected chi connectivity index (χ2v) is 6.45. The molecule has 2 N–H and O–H groups in total. The number of nitrogens with one attached hydrogen (secondary N) is 1. The number of methoxy groups -OCH3 is 1. The zero-order valence-electron chi connectivity index (χ0n) is 15.9. The number of aliphatic hydroxyl groups excluding tert-OH is 1. The third-order valence-corrected chi connectivity index (χ3v) is 4.36. The number of aliphatic hydroxyl groups is 1. The monoisotopic (exact) mass is 389 g/mol. The lowest BCUT2D eigenvalue weighted by Gasteiger charge is -2.12. The van der Waals surface area contributed by atoms with E-state index in [0.29, 0.717) is 34.4 Å². The molecule has 5 nitrogen and oxygen atoms in total. The highest BCUT2D eigenvalue weighted by Crippen LogP contribution is 2.36. The summed E-state index contributed by atoms with van der Waals surface area (Å²) in [6.07, 6.45) is 3.07. The zero-order valence-corrected chi connectivity index (χ0v) is 16.7. The van der Waals surface area contributed by atoms with Crippen molar-refractivity contribution in [2.24, 2.45) is 0 Å². The van der Waals surface area contributed by atoms with Gasteiger partial charge in [0, 0.05) is 11.8 Å². The molecular formula is C21H24ClNO4. The first-order valence-electron chi connectivity index (χ1n) is 8.60. The van der Waals surface area contributed by atoms with Crippen molar-refractivity contribution in [3.05, 3.63) is 57.6 Å². The zero-order chi connectivity index (χ0) is 20.0. The van der Waals surface area contributed by atoms with Gasteiger partial charge in [-0.2, -0.15) is 0 Å². The number of hydrogen-bond donors (Lipinski definition) is 2. The highest BCUT2D eigenvalue weighted by atomic mass is 35.5. The summed E-state index contributed by atoms with van der Waals surface area (Å²) in [7, 11) is 1.54. The number of rotatable bonds is 7. The molecule has 0 saturated carbocycles. The summed E-state index contributed by atoms with van der Waals surface area (Å²) in [5.74, 6) is 0.705. The highest BCUT2D eigenvalue weighted by Gasteiger charge is 2.11. The summed E-state index contributed by atoms with van der Waals surface area (Å²) >= 11 is 6.24. The molecule has 0 radical (unpaired) electrons. The molecule has 0 unspecified atom stereocenters. The molecule has 6 heteroatoms. The maximum atomic E-state index is 12.3. The van der Waals surface area contributed by atoms with Gasteiger partial charge in [0.2, 0.25) is 5.91 Å². The minimum Gasteiger partial charge on any atom is -0.493 e. The lowest BCUT2D eigenvalue weighted by Crippen LogP contribution is -2.10. The van der Waals surface area contributed by atoms with Gasteiger partial charge in [0.05, 0.1) is 25.3 Å². The third-order valence-electron chi connectivity index (χ3n) is 4.08. The van der Waals surface area contributed by atoms with Gasteiger partial charge in [-0.15, -0.1) is 0 Å². The molecule has 0 atom stereocenters.